The molecular weight excluding hydrogens is 356 g/mol. The van der Waals surface area contributed by atoms with Gasteiger partial charge < -0.3 is 20.3 Å². The molecule has 0 spiro atoms. The van der Waals surface area contributed by atoms with Crippen LogP contribution in [-0.4, -0.2) is 63.2 Å². The van der Waals surface area contributed by atoms with Crippen LogP contribution in [0.25, 0.3) is 11.4 Å². The van der Waals surface area contributed by atoms with Crippen molar-refractivity contribution in [3.8, 4) is 11.4 Å². The van der Waals surface area contributed by atoms with Crippen LogP contribution in [0.2, 0.25) is 0 Å². The highest BCUT2D eigenvalue weighted by molar-refractivity contribution is 5.52. The van der Waals surface area contributed by atoms with Crippen LogP contribution in [0, 0.1) is 11.8 Å². The number of rotatable bonds is 6. The molecule has 1 aliphatic carbocycles. The van der Waals surface area contributed by atoms with Gasteiger partial charge in [-0.15, -0.1) is 0 Å². The van der Waals surface area contributed by atoms with Gasteiger partial charge >= 0.3 is 0 Å². The second-order valence-electron chi connectivity index (χ2n) is 7.79. The summed E-state index contributed by atoms with van der Waals surface area (Å²) in [7, 11) is 0. The normalized spacial score (nSPS) is 28.5. The highest BCUT2D eigenvalue weighted by Gasteiger charge is 2.42. The van der Waals surface area contributed by atoms with E-state index in [1.165, 1.54) is 0 Å². The Morgan fingerprint density at radius 1 is 1.14 bits per heavy atom. The summed E-state index contributed by atoms with van der Waals surface area (Å²) < 4.78 is 5.45. The summed E-state index contributed by atoms with van der Waals surface area (Å²) >= 11 is 0. The molecule has 1 saturated heterocycles. The Hall–Kier alpha value is -1.93. The van der Waals surface area contributed by atoms with Crippen molar-refractivity contribution in [3.05, 3.63) is 42.5 Å². The van der Waals surface area contributed by atoms with E-state index in [2.05, 4.69) is 15.3 Å². The third-order valence-corrected chi connectivity index (χ3v) is 6.02. The molecule has 0 radical (unpaired) electrons. The first-order valence-corrected chi connectivity index (χ1v) is 10.1. The minimum Gasteiger partial charge on any atom is -0.396 e. The summed E-state index contributed by atoms with van der Waals surface area (Å²) in [5.41, 5.74) is 1.80. The van der Waals surface area contributed by atoms with Gasteiger partial charge in [-0.2, -0.15) is 0 Å². The number of pyridine rings is 1. The van der Waals surface area contributed by atoms with Gasteiger partial charge in [0.2, 0.25) is 0 Å². The van der Waals surface area contributed by atoms with Crippen molar-refractivity contribution in [2.75, 3.05) is 19.8 Å². The number of ether oxygens (including phenoxy) is 1. The fourth-order valence-electron chi connectivity index (χ4n) is 4.49. The zero-order valence-electron chi connectivity index (χ0n) is 15.9. The predicted molar refractivity (Wildman–Crippen MR) is 104 cm³/mol. The predicted octanol–water partition coefficient (Wildman–Crippen LogP) is 1.21. The standard InChI is InChI=1S/C21H28N4O3/c26-13-18-17(19(11-20(18)27)24-15-4-8-28-9-5-15)10-16-3-7-23-21(25-16)14-2-1-6-22-12-14/h1-3,6-7,12,15,17-20,24,26-27H,4-5,8-11,13H2. The highest BCUT2D eigenvalue weighted by Crippen LogP contribution is 2.35. The van der Waals surface area contributed by atoms with E-state index in [-0.39, 0.29) is 24.5 Å². The molecule has 3 N–H and O–H groups in total. The maximum Gasteiger partial charge on any atom is 0.160 e. The number of nitrogens with zero attached hydrogens (tertiary/aromatic N) is 3. The van der Waals surface area contributed by atoms with Crippen molar-refractivity contribution < 1.29 is 14.9 Å². The topological polar surface area (TPSA) is 100 Å². The molecule has 0 bridgehead atoms. The number of nitrogens with one attached hydrogen (secondary N) is 1. The number of aromatic nitrogens is 3. The molecule has 2 aliphatic rings. The fraction of sp³-hybridized carbons (Fsp3) is 0.571. The molecule has 2 aromatic rings. The molecule has 150 valence electrons. The molecule has 4 rings (SSSR count). The van der Waals surface area contributed by atoms with E-state index in [1.807, 2.05) is 18.2 Å². The highest BCUT2D eigenvalue weighted by atomic mass is 16.5. The Balaban J connectivity index is 1.51. The zero-order valence-corrected chi connectivity index (χ0v) is 15.9. The molecule has 7 heteroatoms. The van der Waals surface area contributed by atoms with Crippen molar-refractivity contribution in [1.29, 1.82) is 0 Å². The van der Waals surface area contributed by atoms with E-state index < -0.39 is 6.10 Å². The quantitative estimate of drug-likeness (QED) is 0.688. The van der Waals surface area contributed by atoms with Gasteiger partial charge in [0.1, 0.15) is 0 Å². The van der Waals surface area contributed by atoms with E-state index >= 15 is 0 Å². The van der Waals surface area contributed by atoms with E-state index in [0.29, 0.717) is 24.7 Å². The van der Waals surface area contributed by atoms with Gasteiger partial charge in [-0.25, -0.2) is 9.97 Å². The molecule has 4 unspecified atom stereocenters. The van der Waals surface area contributed by atoms with Gasteiger partial charge in [-0.05, 0) is 49.8 Å². The Kier molecular flexibility index (Phi) is 6.26. The molecule has 1 aliphatic heterocycles. The molecule has 1 saturated carbocycles. The van der Waals surface area contributed by atoms with Gasteiger partial charge in [-0.1, -0.05) is 0 Å². The molecule has 2 fully saturated rings. The van der Waals surface area contributed by atoms with Gasteiger partial charge in [0.05, 0.1) is 6.10 Å². The first-order valence-electron chi connectivity index (χ1n) is 10.1. The summed E-state index contributed by atoms with van der Waals surface area (Å²) in [5, 5.41) is 24.1. The lowest BCUT2D eigenvalue weighted by molar-refractivity contribution is 0.0678. The fourth-order valence-corrected chi connectivity index (χ4v) is 4.49. The van der Waals surface area contributed by atoms with Crippen molar-refractivity contribution in [3.63, 3.8) is 0 Å². The van der Waals surface area contributed by atoms with Crippen LogP contribution in [0.5, 0.6) is 0 Å². The minimum atomic E-state index is -0.494. The molecule has 0 aromatic carbocycles. The smallest absolute Gasteiger partial charge is 0.160 e. The lowest BCUT2D eigenvalue weighted by Crippen LogP contribution is -2.44. The van der Waals surface area contributed by atoms with E-state index in [0.717, 1.165) is 37.3 Å². The molecule has 28 heavy (non-hydrogen) atoms. The number of hydrogen-bond donors (Lipinski definition) is 3. The summed E-state index contributed by atoms with van der Waals surface area (Å²) in [4.78, 5) is 13.2. The lowest BCUT2D eigenvalue weighted by atomic mass is 9.88. The average Bonchev–Trinajstić information content (AvgIpc) is 3.03. The Morgan fingerprint density at radius 3 is 2.75 bits per heavy atom. The van der Waals surface area contributed by atoms with Crippen LogP contribution in [0.15, 0.2) is 36.8 Å². The van der Waals surface area contributed by atoms with Gasteiger partial charge in [0.15, 0.2) is 5.82 Å². The van der Waals surface area contributed by atoms with Crippen molar-refractivity contribution in [2.45, 2.75) is 43.9 Å². The Bertz CT molecular complexity index is 754. The SMILES string of the molecule is OCC1C(O)CC(NC2CCOCC2)C1Cc1ccnc(-c2cccnc2)n1. The van der Waals surface area contributed by atoms with E-state index in [9.17, 15) is 10.2 Å². The van der Waals surface area contributed by atoms with Crippen molar-refractivity contribution in [1.82, 2.24) is 20.3 Å². The summed E-state index contributed by atoms with van der Waals surface area (Å²) in [6.07, 6.45) is 8.09. The first-order chi connectivity index (χ1) is 13.7. The second kappa shape index (κ2) is 9.05. The Morgan fingerprint density at radius 2 is 2.00 bits per heavy atom. The lowest BCUT2D eigenvalue weighted by Gasteiger charge is -2.31. The van der Waals surface area contributed by atoms with Crippen LogP contribution in [0.1, 0.15) is 25.0 Å². The molecule has 0 amide bonds. The molecule has 7 nitrogen and oxygen atoms in total. The van der Waals surface area contributed by atoms with Gasteiger partial charge in [0, 0.05) is 67.7 Å². The first kappa shape index (κ1) is 19.4. The number of aliphatic hydroxyl groups is 2. The largest absolute Gasteiger partial charge is 0.396 e. The third kappa shape index (κ3) is 4.38. The molecule has 4 atom stereocenters. The zero-order chi connectivity index (χ0) is 19.3. The maximum absolute atomic E-state index is 10.5. The van der Waals surface area contributed by atoms with Gasteiger partial charge in [0.25, 0.3) is 0 Å². The third-order valence-electron chi connectivity index (χ3n) is 6.02. The van der Waals surface area contributed by atoms with Crippen LogP contribution in [0.3, 0.4) is 0 Å². The molecule has 2 aromatic heterocycles. The van der Waals surface area contributed by atoms with Crippen LogP contribution in [0.4, 0.5) is 0 Å². The van der Waals surface area contributed by atoms with Crippen LogP contribution >= 0.6 is 0 Å². The Labute approximate surface area is 165 Å². The second-order valence-corrected chi connectivity index (χ2v) is 7.79. The van der Waals surface area contributed by atoms with Crippen molar-refractivity contribution >= 4 is 0 Å². The van der Waals surface area contributed by atoms with E-state index in [4.69, 9.17) is 9.72 Å². The summed E-state index contributed by atoms with van der Waals surface area (Å²) in [6, 6.07) is 6.30. The van der Waals surface area contributed by atoms with Crippen LogP contribution in [-0.2, 0) is 11.2 Å². The van der Waals surface area contributed by atoms with Crippen molar-refractivity contribution in [2.24, 2.45) is 11.8 Å². The van der Waals surface area contributed by atoms with Gasteiger partial charge in [-0.3, -0.25) is 4.98 Å². The number of hydrogen-bond acceptors (Lipinski definition) is 7. The minimum absolute atomic E-state index is 0.0155. The summed E-state index contributed by atoms with van der Waals surface area (Å²) in [5.74, 6) is 0.632. The average molecular weight is 384 g/mol. The van der Waals surface area contributed by atoms with Crippen LogP contribution < -0.4 is 5.32 Å². The monoisotopic (exact) mass is 384 g/mol. The molecular formula is C21H28N4O3. The number of aliphatic hydroxyl groups excluding tert-OH is 2. The summed E-state index contributed by atoms with van der Waals surface area (Å²) in [6.45, 7) is 1.54. The molecule has 3 heterocycles. The van der Waals surface area contributed by atoms with E-state index in [1.54, 1.807) is 18.6 Å². The maximum atomic E-state index is 10.5.